The lowest BCUT2D eigenvalue weighted by Crippen LogP contribution is -2.23. The number of benzene rings is 2. The molecule has 2 aromatic carbocycles. The van der Waals surface area contributed by atoms with Crippen LogP contribution in [0.4, 0.5) is 11.5 Å². The summed E-state index contributed by atoms with van der Waals surface area (Å²) in [6, 6.07) is 13.2. The number of sulfonamides is 1. The summed E-state index contributed by atoms with van der Waals surface area (Å²) in [5.74, 6) is 0.602. The van der Waals surface area contributed by atoms with E-state index in [9.17, 15) is 13.2 Å². The fraction of sp³-hybridized carbons (Fsp3) is 0.370. The number of aromatic nitrogens is 2. The van der Waals surface area contributed by atoms with E-state index < -0.39 is 10.0 Å². The number of hydrogen-bond donors (Lipinski definition) is 2. The maximum Gasteiger partial charge on any atom is 0.263 e. The molecule has 0 aliphatic rings. The second-order valence-electron chi connectivity index (χ2n) is 10.6. The van der Waals surface area contributed by atoms with Gasteiger partial charge in [-0.2, -0.15) is 0 Å². The van der Waals surface area contributed by atoms with Gasteiger partial charge in [0.25, 0.3) is 15.9 Å². The zero-order valence-corrected chi connectivity index (χ0v) is 23.1. The number of nitrogens with one attached hydrogen (secondary N) is 2. The van der Waals surface area contributed by atoms with E-state index in [1.807, 2.05) is 12.1 Å². The van der Waals surface area contributed by atoms with Crippen molar-refractivity contribution in [3.63, 3.8) is 0 Å². The van der Waals surface area contributed by atoms with Gasteiger partial charge in [0, 0.05) is 11.8 Å². The van der Waals surface area contributed by atoms with Gasteiger partial charge in [-0.15, -0.1) is 0 Å². The zero-order chi connectivity index (χ0) is 27.4. The second kappa shape index (κ2) is 10.8. The number of carbonyl (C=O) groups excluding carboxylic acids is 1. The third-order valence-electron chi connectivity index (χ3n) is 5.55. The SMILES string of the molecule is COc1cc(NS(=O)(=O)c2ccc(NC(=O)COc3ccc(C(C)(C)C)cc3C(C)(C)C)cc2)ncn1. The number of ether oxygens (including phenoxy) is 2. The van der Waals surface area contributed by atoms with Crippen molar-refractivity contribution in [2.24, 2.45) is 0 Å². The van der Waals surface area contributed by atoms with Crippen molar-refractivity contribution in [1.29, 1.82) is 0 Å². The van der Waals surface area contributed by atoms with Crippen molar-refractivity contribution < 1.29 is 22.7 Å². The van der Waals surface area contributed by atoms with Crippen LogP contribution < -0.4 is 19.5 Å². The fourth-order valence-corrected chi connectivity index (χ4v) is 4.47. The minimum atomic E-state index is -3.90. The predicted octanol–water partition coefficient (Wildman–Crippen LogP) is 4.90. The highest BCUT2D eigenvalue weighted by Crippen LogP contribution is 2.35. The highest BCUT2D eigenvalue weighted by molar-refractivity contribution is 7.92. The van der Waals surface area contributed by atoms with Gasteiger partial charge in [0.05, 0.1) is 12.0 Å². The van der Waals surface area contributed by atoms with Crippen LogP contribution >= 0.6 is 0 Å². The van der Waals surface area contributed by atoms with Gasteiger partial charge in [-0.1, -0.05) is 53.7 Å². The van der Waals surface area contributed by atoms with Crippen molar-refractivity contribution in [3.05, 3.63) is 66.0 Å². The quantitative estimate of drug-likeness (QED) is 0.428. The molecule has 9 nitrogen and oxygen atoms in total. The van der Waals surface area contributed by atoms with Crippen molar-refractivity contribution in [1.82, 2.24) is 9.97 Å². The Morgan fingerprint density at radius 3 is 2.19 bits per heavy atom. The van der Waals surface area contributed by atoms with Gasteiger partial charge in [-0.3, -0.25) is 9.52 Å². The molecule has 0 saturated heterocycles. The minimum absolute atomic E-state index is 0.00719. The number of anilines is 2. The first-order valence-electron chi connectivity index (χ1n) is 11.8. The topological polar surface area (TPSA) is 120 Å². The first-order chi connectivity index (χ1) is 17.2. The van der Waals surface area contributed by atoms with Gasteiger partial charge in [0.1, 0.15) is 17.9 Å². The highest BCUT2D eigenvalue weighted by Gasteiger charge is 2.23. The summed E-state index contributed by atoms with van der Waals surface area (Å²) in [5, 5.41) is 2.73. The number of rotatable bonds is 8. The van der Waals surface area contributed by atoms with Gasteiger partial charge in [-0.25, -0.2) is 18.4 Å². The van der Waals surface area contributed by atoms with Crippen LogP contribution in [0.3, 0.4) is 0 Å². The summed E-state index contributed by atoms with van der Waals surface area (Å²) in [4.78, 5) is 20.3. The largest absolute Gasteiger partial charge is 0.483 e. The molecule has 0 unspecified atom stereocenters. The van der Waals surface area contributed by atoms with Crippen LogP contribution in [0.5, 0.6) is 11.6 Å². The summed E-state index contributed by atoms with van der Waals surface area (Å²) in [7, 11) is -2.47. The first kappa shape index (κ1) is 27.9. The number of amides is 1. The molecule has 2 N–H and O–H groups in total. The molecule has 0 radical (unpaired) electrons. The summed E-state index contributed by atoms with van der Waals surface area (Å²) in [6.45, 7) is 12.6. The van der Waals surface area contributed by atoms with Crippen LogP contribution in [0.2, 0.25) is 0 Å². The molecule has 0 saturated carbocycles. The van der Waals surface area contributed by atoms with Gasteiger partial charge >= 0.3 is 0 Å². The smallest absolute Gasteiger partial charge is 0.263 e. The molecule has 1 aromatic heterocycles. The molecule has 10 heteroatoms. The molecule has 3 rings (SSSR count). The molecule has 0 aliphatic carbocycles. The molecule has 0 aliphatic heterocycles. The molecule has 1 heterocycles. The Hall–Kier alpha value is -3.66. The Morgan fingerprint density at radius 1 is 0.919 bits per heavy atom. The Bertz CT molecular complexity index is 1360. The second-order valence-corrected chi connectivity index (χ2v) is 12.3. The van der Waals surface area contributed by atoms with Crippen molar-refractivity contribution in [2.45, 2.75) is 57.3 Å². The average Bonchev–Trinajstić information content (AvgIpc) is 2.81. The van der Waals surface area contributed by atoms with Crippen LogP contribution in [-0.4, -0.2) is 38.0 Å². The fourth-order valence-electron chi connectivity index (χ4n) is 3.47. The molecule has 0 spiro atoms. The van der Waals surface area contributed by atoms with E-state index in [0.717, 1.165) is 5.56 Å². The van der Waals surface area contributed by atoms with Crippen LogP contribution in [0.15, 0.2) is 59.8 Å². The minimum Gasteiger partial charge on any atom is -0.483 e. The van der Waals surface area contributed by atoms with Crippen LogP contribution in [0, 0.1) is 0 Å². The van der Waals surface area contributed by atoms with E-state index in [2.05, 4.69) is 67.6 Å². The zero-order valence-electron chi connectivity index (χ0n) is 22.2. The Kier molecular flexibility index (Phi) is 8.12. The lowest BCUT2D eigenvalue weighted by Gasteiger charge is -2.27. The van der Waals surface area contributed by atoms with Crippen molar-refractivity contribution in [2.75, 3.05) is 23.8 Å². The van der Waals surface area contributed by atoms with Crippen LogP contribution in [-0.2, 0) is 25.6 Å². The van der Waals surface area contributed by atoms with Crippen LogP contribution in [0.25, 0.3) is 0 Å². The molecule has 0 fully saturated rings. The van der Waals surface area contributed by atoms with E-state index in [0.29, 0.717) is 11.4 Å². The molecular weight excluding hydrogens is 492 g/mol. The summed E-state index contributed by atoms with van der Waals surface area (Å²) in [6.07, 6.45) is 1.20. The van der Waals surface area contributed by atoms with Gasteiger partial charge < -0.3 is 14.8 Å². The molecule has 3 aromatic rings. The number of methoxy groups -OCH3 is 1. The van der Waals surface area contributed by atoms with Crippen LogP contribution in [0.1, 0.15) is 52.7 Å². The van der Waals surface area contributed by atoms with Gasteiger partial charge in [-0.05, 0) is 52.3 Å². The summed E-state index contributed by atoms with van der Waals surface area (Å²) in [5.41, 5.74) is 2.48. The normalized spacial score (nSPS) is 12.1. The highest BCUT2D eigenvalue weighted by atomic mass is 32.2. The molecular formula is C27H34N4O5S. The van der Waals surface area contributed by atoms with E-state index >= 15 is 0 Å². The van der Waals surface area contributed by atoms with E-state index in [-0.39, 0.29) is 39.9 Å². The Balaban J connectivity index is 1.65. The Labute approximate surface area is 218 Å². The molecule has 1 amide bonds. The number of nitrogens with zero attached hydrogens (tertiary/aromatic N) is 2. The standard InChI is InChI=1S/C27H34N4O5S/c1-26(2,3)18-8-13-22(21(14-18)27(4,5)6)36-16-24(32)30-19-9-11-20(12-10-19)37(33,34)31-23-15-25(35-7)29-17-28-23/h8-15,17H,16H2,1-7H3,(H,30,32)(H,28,29,31). The van der Waals surface area contributed by atoms with E-state index in [4.69, 9.17) is 9.47 Å². The number of hydrogen-bond acceptors (Lipinski definition) is 7. The summed E-state index contributed by atoms with van der Waals surface area (Å²) >= 11 is 0. The predicted molar refractivity (Wildman–Crippen MR) is 144 cm³/mol. The van der Waals surface area contributed by atoms with Crippen molar-refractivity contribution >= 4 is 27.4 Å². The van der Waals surface area contributed by atoms with Gasteiger partial charge in [0.15, 0.2) is 6.61 Å². The van der Waals surface area contributed by atoms with Crippen molar-refractivity contribution in [3.8, 4) is 11.6 Å². The molecule has 0 atom stereocenters. The number of carbonyl (C=O) groups is 1. The third-order valence-corrected chi connectivity index (χ3v) is 6.92. The maximum absolute atomic E-state index is 12.7. The van der Waals surface area contributed by atoms with E-state index in [1.165, 1.54) is 49.3 Å². The molecule has 37 heavy (non-hydrogen) atoms. The lowest BCUT2D eigenvalue weighted by atomic mass is 9.80. The Morgan fingerprint density at radius 2 is 1.59 bits per heavy atom. The molecule has 0 bridgehead atoms. The van der Waals surface area contributed by atoms with Gasteiger partial charge in [0.2, 0.25) is 5.88 Å². The lowest BCUT2D eigenvalue weighted by molar-refractivity contribution is -0.118. The monoisotopic (exact) mass is 526 g/mol. The first-order valence-corrected chi connectivity index (χ1v) is 13.2. The third kappa shape index (κ3) is 7.42. The molecule has 198 valence electrons. The average molecular weight is 527 g/mol. The summed E-state index contributed by atoms with van der Waals surface area (Å²) < 4.78 is 38.6. The maximum atomic E-state index is 12.7. The van der Waals surface area contributed by atoms with E-state index in [1.54, 1.807) is 0 Å².